The molecule has 5 aliphatic rings. The minimum absolute atomic E-state index is 0.0342. The molecule has 8 nitrogen and oxygen atoms in total. The lowest BCUT2D eigenvalue weighted by Gasteiger charge is -2.57. The molecule has 3 N–H and O–H groups in total. The van der Waals surface area contributed by atoms with Crippen molar-refractivity contribution in [3.05, 3.63) is 34.9 Å². The number of phenolic OH excluding ortho intramolecular Hbond substituents is 1. The van der Waals surface area contributed by atoms with Gasteiger partial charge in [-0.3, -0.25) is 14.4 Å². The molecule has 2 aliphatic carbocycles. The highest BCUT2D eigenvalue weighted by atomic mass is 32.2. The number of benzene rings is 1. The minimum atomic E-state index is -0.388. The minimum Gasteiger partial charge on any atom is -0.504 e. The van der Waals surface area contributed by atoms with Crippen molar-refractivity contribution >= 4 is 28.7 Å². The number of aryl methyl sites for hydroxylation is 1. The molecule has 0 aromatic heterocycles. The Morgan fingerprint density at radius 1 is 1.31 bits per heavy atom. The monoisotopic (exact) mass is 497 g/mol. The Kier molecular flexibility index (Phi) is 5.41. The molecular weight excluding hydrogens is 466 g/mol. The summed E-state index contributed by atoms with van der Waals surface area (Å²) in [5, 5.41) is 17.0. The van der Waals surface area contributed by atoms with Gasteiger partial charge in [-0.15, -0.1) is 0 Å². The lowest BCUT2D eigenvalue weighted by molar-refractivity contribution is -0.124. The third-order valence-corrected chi connectivity index (χ3v) is 9.67. The first-order valence-electron chi connectivity index (χ1n) is 12.5. The Bertz CT molecular complexity index is 1150. The van der Waals surface area contributed by atoms with E-state index >= 15 is 0 Å². The van der Waals surface area contributed by atoms with Crippen LogP contribution in [0.5, 0.6) is 11.5 Å². The average molecular weight is 498 g/mol. The van der Waals surface area contributed by atoms with Gasteiger partial charge in [0.15, 0.2) is 11.5 Å². The van der Waals surface area contributed by atoms with Crippen molar-refractivity contribution in [2.24, 2.45) is 5.92 Å². The van der Waals surface area contributed by atoms with E-state index in [1.54, 1.807) is 6.07 Å². The van der Waals surface area contributed by atoms with Crippen LogP contribution in [0.1, 0.15) is 42.9 Å². The zero-order chi connectivity index (χ0) is 24.5. The van der Waals surface area contributed by atoms with Crippen molar-refractivity contribution in [1.29, 1.82) is 0 Å². The third-order valence-electron chi connectivity index (χ3n) is 8.66. The van der Waals surface area contributed by atoms with Crippen LogP contribution in [-0.2, 0) is 32.6 Å². The Hall–Kier alpha value is -2.52. The summed E-state index contributed by atoms with van der Waals surface area (Å²) >= 11 is 1.27. The van der Waals surface area contributed by atoms with Gasteiger partial charge in [0.05, 0.1) is 12.1 Å². The molecule has 1 spiro atoms. The third kappa shape index (κ3) is 3.42. The largest absolute Gasteiger partial charge is 0.504 e. The molecule has 0 radical (unpaired) electrons. The molecule has 2 amide bonds. The fourth-order valence-corrected chi connectivity index (χ4v) is 8.08. The second kappa shape index (κ2) is 8.27. The molecule has 1 aromatic carbocycles. The maximum Gasteiger partial charge on any atom is 0.220 e. The first-order chi connectivity index (χ1) is 16.8. The molecule has 6 atom stereocenters. The van der Waals surface area contributed by atoms with E-state index in [0.717, 1.165) is 36.3 Å². The van der Waals surface area contributed by atoms with Crippen LogP contribution in [0.25, 0.3) is 0 Å². The van der Waals surface area contributed by atoms with Crippen LogP contribution in [0.15, 0.2) is 18.2 Å². The zero-order valence-corrected chi connectivity index (χ0v) is 20.8. The molecule has 3 unspecified atom stereocenters. The van der Waals surface area contributed by atoms with Crippen molar-refractivity contribution in [1.82, 2.24) is 15.5 Å². The number of phenols is 1. The number of ether oxygens (including phenoxy) is 1. The highest BCUT2D eigenvalue weighted by Gasteiger charge is 2.64. The van der Waals surface area contributed by atoms with Crippen LogP contribution in [0.2, 0.25) is 0 Å². The molecule has 0 saturated carbocycles. The molecule has 2 fully saturated rings. The molecule has 6 rings (SSSR count). The molecule has 3 heterocycles. The zero-order valence-electron chi connectivity index (χ0n) is 20.0. The summed E-state index contributed by atoms with van der Waals surface area (Å²) < 4.78 is 6.49. The highest BCUT2D eigenvalue weighted by molar-refractivity contribution is 8.14. The first-order valence-corrected chi connectivity index (χ1v) is 13.4. The molecule has 3 aliphatic heterocycles. The van der Waals surface area contributed by atoms with Crippen molar-refractivity contribution in [3.63, 3.8) is 0 Å². The fourth-order valence-electron chi connectivity index (χ4n) is 7.15. The normalized spacial score (nSPS) is 34.3. The fraction of sp³-hybridized carbons (Fsp3) is 0.577. The summed E-state index contributed by atoms with van der Waals surface area (Å²) in [7, 11) is 2.16. The van der Waals surface area contributed by atoms with E-state index in [9.17, 15) is 19.5 Å². The Morgan fingerprint density at radius 2 is 2.14 bits per heavy atom. The number of carbonyl (C=O) groups excluding carboxylic acids is 3. The van der Waals surface area contributed by atoms with Crippen molar-refractivity contribution in [2.75, 3.05) is 19.3 Å². The van der Waals surface area contributed by atoms with Gasteiger partial charge >= 0.3 is 0 Å². The molecule has 1 aromatic rings. The highest BCUT2D eigenvalue weighted by Crippen LogP contribution is 2.63. The van der Waals surface area contributed by atoms with Crippen LogP contribution >= 0.6 is 11.8 Å². The molecule has 9 heteroatoms. The summed E-state index contributed by atoms with van der Waals surface area (Å²) in [4.78, 5) is 38.9. The molecule has 35 heavy (non-hydrogen) atoms. The topological polar surface area (TPSA) is 108 Å². The average Bonchev–Trinajstić information content (AvgIpc) is 3.37. The Balaban J connectivity index is 1.35. The van der Waals surface area contributed by atoms with Crippen molar-refractivity contribution in [2.45, 2.75) is 68.7 Å². The Morgan fingerprint density at radius 3 is 2.89 bits per heavy atom. The number of aromatic hydroxyl groups is 1. The van der Waals surface area contributed by atoms with E-state index in [4.69, 9.17) is 4.74 Å². The molecule has 186 valence electrons. The van der Waals surface area contributed by atoms with E-state index in [1.807, 2.05) is 0 Å². The number of rotatable bonds is 5. The van der Waals surface area contributed by atoms with Crippen LogP contribution in [0, 0.1) is 5.92 Å². The van der Waals surface area contributed by atoms with E-state index in [1.165, 1.54) is 24.2 Å². The van der Waals surface area contributed by atoms with Gasteiger partial charge < -0.3 is 25.4 Å². The SMILES string of the molecule is CC(=O)N[C@H]1C=CC2[C@H]3Cc4c(CCC(=O)NC5CCSC5=O)cc(O)c5c4C2(CCN3C)[C@H]1O5. The van der Waals surface area contributed by atoms with Gasteiger partial charge in [0.1, 0.15) is 6.10 Å². The summed E-state index contributed by atoms with van der Waals surface area (Å²) in [6.07, 6.45) is 7.15. The van der Waals surface area contributed by atoms with E-state index < -0.39 is 0 Å². The van der Waals surface area contributed by atoms with Gasteiger partial charge in [0.2, 0.25) is 16.9 Å². The predicted octanol–water partition coefficient (Wildman–Crippen LogP) is 1.42. The van der Waals surface area contributed by atoms with E-state index in [0.29, 0.717) is 18.6 Å². The summed E-state index contributed by atoms with van der Waals surface area (Å²) in [6, 6.07) is 1.39. The number of thioether (sulfide) groups is 1. The van der Waals surface area contributed by atoms with Crippen LogP contribution in [0.3, 0.4) is 0 Å². The maximum absolute atomic E-state index is 12.6. The summed E-state index contributed by atoms with van der Waals surface area (Å²) in [5.74, 6) is 1.38. The summed E-state index contributed by atoms with van der Waals surface area (Å²) in [6.45, 7) is 2.43. The van der Waals surface area contributed by atoms with Crippen molar-refractivity contribution in [3.8, 4) is 11.5 Å². The number of hydrogen-bond donors (Lipinski definition) is 3. The Labute approximate surface area is 208 Å². The number of likely N-dealkylation sites (tertiary alicyclic amines) is 1. The van der Waals surface area contributed by atoms with Crippen LogP contribution in [0.4, 0.5) is 0 Å². The van der Waals surface area contributed by atoms with E-state index in [-0.39, 0.29) is 64.7 Å². The van der Waals surface area contributed by atoms with Gasteiger partial charge in [-0.25, -0.2) is 0 Å². The number of piperidine rings is 1. The summed E-state index contributed by atoms with van der Waals surface area (Å²) in [5.41, 5.74) is 2.90. The quantitative estimate of drug-likeness (QED) is 0.528. The molecular formula is C26H31N3O5S. The van der Waals surface area contributed by atoms with E-state index in [2.05, 4.69) is 34.7 Å². The second-order valence-corrected chi connectivity index (χ2v) is 11.6. The standard InChI is InChI=1S/C26H31N3O5S/c1-13(30)27-17-5-4-16-19-12-15-14(3-6-21(32)28-18-7-10-35-25(18)33)11-20(31)23-22(15)26(16,24(17)34-23)8-9-29(19)2/h4-5,11,16-19,24,31H,3,6-10,12H2,1-2H3,(H,27,30)(H,28,32)/t16?,17-,18?,19+,24-,26?/m0/s1. The smallest absolute Gasteiger partial charge is 0.220 e. The predicted molar refractivity (Wildman–Crippen MR) is 132 cm³/mol. The maximum atomic E-state index is 12.6. The van der Waals surface area contributed by atoms with Gasteiger partial charge in [-0.05, 0) is 56.5 Å². The number of amides is 2. The lowest BCUT2D eigenvalue weighted by Crippen LogP contribution is -2.66. The first kappa shape index (κ1) is 22.9. The van der Waals surface area contributed by atoms with Gasteiger partial charge in [0, 0.05) is 42.0 Å². The van der Waals surface area contributed by atoms with Crippen LogP contribution in [-0.4, -0.2) is 70.5 Å². The molecule has 2 bridgehead atoms. The van der Waals surface area contributed by atoms with Crippen LogP contribution < -0.4 is 15.4 Å². The van der Waals surface area contributed by atoms with Gasteiger partial charge in [-0.1, -0.05) is 23.9 Å². The van der Waals surface area contributed by atoms with Crippen molar-refractivity contribution < 1.29 is 24.2 Å². The van der Waals surface area contributed by atoms with Gasteiger partial charge in [0.25, 0.3) is 0 Å². The number of likely N-dealkylation sites (N-methyl/N-ethyl adjacent to an activating group) is 1. The number of hydrogen-bond acceptors (Lipinski definition) is 7. The number of nitrogens with one attached hydrogen (secondary N) is 2. The number of carbonyl (C=O) groups is 3. The van der Waals surface area contributed by atoms with Gasteiger partial charge in [-0.2, -0.15) is 0 Å². The molecule has 2 saturated heterocycles. The number of nitrogens with zero attached hydrogens (tertiary/aromatic N) is 1. The lowest BCUT2D eigenvalue weighted by atomic mass is 9.52. The second-order valence-electron chi connectivity index (χ2n) is 10.5.